The molecule has 0 saturated heterocycles. The Hall–Kier alpha value is -0.0800. The van der Waals surface area contributed by atoms with Crippen LogP contribution in [0.1, 0.15) is 34.1 Å². The summed E-state index contributed by atoms with van der Waals surface area (Å²) in [5.41, 5.74) is 5.87. The number of nitrogens with two attached hydrogens (primary N) is 1. The van der Waals surface area contributed by atoms with Crippen LogP contribution in [0.25, 0.3) is 0 Å². The third-order valence-electron chi connectivity index (χ3n) is 1.81. The molecule has 0 heterocycles. The standard InChI is InChI=1S/C10H24N2/c1-9(2)8-12(5)7-6-10(3,4)11/h9H,6-8,11H2,1-5H3. The van der Waals surface area contributed by atoms with Gasteiger partial charge in [0.05, 0.1) is 0 Å². The van der Waals surface area contributed by atoms with Crippen molar-refractivity contribution in [3.63, 3.8) is 0 Å². The minimum absolute atomic E-state index is 0.0226. The summed E-state index contributed by atoms with van der Waals surface area (Å²) in [5.74, 6) is 0.746. The van der Waals surface area contributed by atoms with Crippen LogP contribution in [0.5, 0.6) is 0 Å². The number of nitrogens with zero attached hydrogens (tertiary/aromatic N) is 1. The third-order valence-corrected chi connectivity index (χ3v) is 1.81. The second kappa shape index (κ2) is 4.83. The largest absolute Gasteiger partial charge is 0.326 e. The second-order valence-electron chi connectivity index (χ2n) is 4.89. The van der Waals surface area contributed by atoms with E-state index in [2.05, 4.69) is 39.6 Å². The van der Waals surface area contributed by atoms with Crippen molar-refractivity contribution in [1.82, 2.24) is 4.90 Å². The highest BCUT2D eigenvalue weighted by Gasteiger charge is 2.11. The molecule has 74 valence electrons. The maximum absolute atomic E-state index is 5.89. The first kappa shape index (κ1) is 11.9. The molecule has 0 aromatic carbocycles. The molecular weight excluding hydrogens is 148 g/mol. The fraction of sp³-hybridized carbons (Fsp3) is 1.00. The van der Waals surface area contributed by atoms with E-state index in [9.17, 15) is 0 Å². The molecule has 0 aliphatic rings. The van der Waals surface area contributed by atoms with Gasteiger partial charge in [-0.3, -0.25) is 0 Å². The van der Waals surface area contributed by atoms with Crippen molar-refractivity contribution in [2.75, 3.05) is 20.1 Å². The van der Waals surface area contributed by atoms with Gasteiger partial charge >= 0.3 is 0 Å². The summed E-state index contributed by atoms with van der Waals surface area (Å²) in [7, 11) is 2.16. The number of hydrogen-bond acceptors (Lipinski definition) is 2. The molecule has 0 spiro atoms. The fourth-order valence-corrected chi connectivity index (χ4v) is 1.19. The van der Waals surface area contributed by atoms with Gasteiger partial charge in [0.25, 0.3) is 0 Å². The SMILES string of the molecule is CC(C)CN(C)CCC(C)(C)N. The van der Waals surface area contributed by atoms with Crippen molar-refractivity contribution in [2.45, 2.75) is 39.7 Å². The molecule has 0 fully saturated rings. The van der Waals surface area contributed by atoms with E-state index in [-0.39, 0.29) is 5.54 Å². The van der Waals surface area contributed by atoms with Crippen LogP contribution in [0, 0.1) is 5.92 Å². The Balaban J connectivity index is 3.51. The van der Waals surface area contributed by atoms with Crippen LogP contribution in [-0.2, 0) is 0 Å². The molecule has 0 rings (SSSR count). The summed E-state index contributed by atoms with van der Waals surface area (Å²) < 4.78 is 0. The van der Waals surface area contributed by atoms with E-state index in [1.54, 1.807) is 0 Å². The van der Waals surface area contributed by atoms with Gasteiger partial charge in [-0.2, -0.15) is 0 Å². The summed E-state index contributed by atoms with van der Waals surface area (Å²) >= 11 is 0. The van der Waals surface area contributed by atoms with Gasteiger partial charge in [0.1, 0.15) is 0 Å². The topological polar surface area (TPSA) is 29.3 Å². The normalized spacial score (nSPS) is 13.0. The first-order valence-corrected chi connectivity index (χ1v) is 4.78. The summed E-state index contributed by atoms with van der Waals surface area (Å²) in [6.45, 7) is 10.9. The lowest BCUT2D eigenvalue weighted by Crippen LogP contribution is -2.37. The monoisotopic (exact) mass is 172 g/mol. The molecule has 12 heavy (non-hydrogen) atoms. The van der Waals surface area contributed by atoms with E-state index in [1.165, 1.54) is 0 Å². The molecule has 0 bridgehead atoms. The number of hydrogen-bond donors (Lipinski definition) is 1. The quantitative estimate of drug-likeness (QED) is 0.684. The molecule has 0 aliphatic heterocycles. The summed E-state index contributed by atoms with van der Waals surface area (Å²) in [5, 5.41) is 0. The van der Waals surface area contributed by atoms with Gasteiger partial charge in [-0.25, -0.2) is 0 Å². The van der Waals surface area contributed by atoms with Crippen LogP contribution >= 0.6 is 0 Å². The Bertz CT molecular complexity index is 113. The maximum atomic E-state index is 5.89. The Morgan fingerprint density at radius 3 is 2.17 bits per heavy atom. The smallest absolute Gasteiger partial charge is 0.0109 e. The predicted molar refractivity (Wildman–Crippen MR) is 55.2 cm³/mol. The molecule has 2 N–H and O–H groups in total. The van der Waals surface area contributed by atoms with Gasteiger partial charge in [-0.05, 0) is 39.8 Å². The zero-order chi connectivity index (χ0) is 9.78. The van der Waals surface area contributed by atoms with Crippen molar-refractivity contribution >= 4 is 0 Å². The van der Waals surface area contributed by atoms with E-state index in [0.29, 0.717) is 0 Å². The molecule has 2 heteroatoms. The van der Waals surface area contributed by atoms with Gasteiger partial charge in [-0.15, -0.1) is 0 Å². The van der Waals surface area contributed by atoms with Crippen molar-refractivity contribution in [2.24, 2.45) is 11.7 Å². The highest BCUT2D eigenvalue weighted by Crippen LogP contribution is 2.05. The summed E-state index contributed by atoms with van der Waals surface area (Å²) in [6.07, 6.45) is 1.07. The summed E-state index contributed by atoms with van der Waals surface area (Å²) in [6, 6.07) is 0. The zero-order valence-corrected chi connectivity index (χ0v) is 9.22. The minimum Gasteiger partial charge on any atom is -0.326 e. The third kappa shape index (κ3) is 8.02. The average Bonchev–Trinajstić information content (AvgIpc) is 1.80. The molecule has 0 radical (unpaired) electrons. The molecule has 0 aromatic rings. The average molecular weight is 172 g/mol. The highest BCUT2D eigenvalue weighted by atomic mass is 15.1. The lowest BCUT2D eigenvalue weighted by atomic mass is 10.0. The van der Waals surface area contributed by atoms with Crippen LogP contribution in [0.2, 0.25) is 0 Å². The lowest BCUT2D eigenvalue weighted by molar-refractivity contribution is 0.268. The van der Waals surface area contributed by atoms with Crippen molar-refractivity contribution in [3.8, 4) is 0 Å². The first-order chi connectivity index (χ1) is 5.31. The predicted octanol–water partition coefficient (Wildman–Crippen LogP) is 1.70. The van der Waals surface area contributed by atoms with E-state index in [4.69, 9.17) is 5.73 Å². The second-order valence-corrected chi connectivity index (χ2v) is 4.89. The number of rotatable bonds is 5. The van der Waals surface area contributed by atoms with E-state index in [1.807, 2.05) is 0 Å². The van der Waals surface area contributed by atoms with E-state index in [0.717, 1.165) is 25.4 Å². The van der Waals surface area contributed by atoms with Crippen LogP contribution in [0.15, 0.2) is 0 Å². The zero-order valence-electron chi connectivity index (χ0n) is 9.22. The van der Waals surface area contributed by atoms with Gasteiger partial charge in [0.2, 0.25) is 0 Å². The Morgan fingerprint density at radius 2 is 1.83 bits per heavy atom. The van der Waals surface area contributed by atoms with Crippen LogP contribution in [-0.4, -0.2) is 30.6 Å². The molecule has 0 saturated carbocycles. The summed E-state index contributed by atoms with van der Waals surface area (Å²) in [4.78, 5) is 2.35. The molecule has 0 atom stereocenters. The molecule has 0 unspecified atom stereocenters. The van der Waals surface area contributed by atoms with E-state index < -0.39 is 0 Å². The minimum atomic E-state index is -0.0226. The van der Waals surface area contributed by atoms with Crippen molar-refractivity contribution < 1.29 is 0 Å². The van der Waals surface area contributed by atoms with Crippen LogP contribution in [0.3, 0.4) is 0 Å². The Kier molecular flexibility index (Phi) is 4.80. The van der Waals surface area contributed by atoms with Gasteiger partial charge in [-0.1, -0.05) is 13.8 Å². The van der Waals surface area contributed by atoms with Gasteiger partial charge in [0.15, 0.2) is 0 Å². The molecule has 0 aromatic heterocycles. The first-order valence-electron chi connectivity index (χ1n) is 4.78. The fourth-order valence-electron chi connectivity index (χ4n) is 1.19. The Labute approximate surface area is 77.1 Å². The molecule has 0 amide bonds. The highest BCUT2D eigenvalue weighted by molar-refractivity contribution is 4.73. The van der Waals surface area contributed by atoms with Crippen molar-refractivity contribution in [1.29, 1.82) is 0 Å². The van der Waals surface area contributed by atoms with E-state index >= 15 is 0 Å². The Morgan fingerprint density at radius 1 is 1.33 bits per heavy atom. The molecule has 0 aliphatic carbocycles. The van der Waals surface area contributed by atoms with Crippen molar-refractivity contribution in [3.05, 3.63) is 0 Å². The van der Waals surface area contributed by atoms with Crippen LogP contribution < -0.4 is 5.73 Å². The van der Waals surface area contributed by atoms with Crippen LogP contribution in [0.4, 0.5) is 0 Å². The lowest BCUT2D eigenvalue weighted by Gasteiger charge is -2.24. The molecular formula is C10H24N2. The molecule has 2 nitrogen and oxygen atoms in total. The maximum Gasteiger partial charge on any atom is 0.0109 e. The van der Waals surface area contributed by atoms with Gasteiger partial charge < -0.3 is 10.6 Å². The van der Waals surface area contributed by atoms with Gasteiger partial charge in [0, 0.05) is 12.1 Å².